The molecule has 4 rings (SSSR count). The van der Waals surface area contributed by atoms with Crippen molar-refractivity contribution in [3.05, 3.63) is 54.1 Å². The van der Waals surface area contributed by atoms with Crippen molar-refractivity contribution in [1.29, 1.82) is 5.41 Å². The highest BCUT2D eigenvalue weighted by molar-refractivity contribution is 5.95. The van der Waals surface area contributed by atoms with Crippen molar-refractivity contribution in [2.75, 3.05) is 6.61 Å². The summed E-state index contributed by atoms with van der Waals surface area (Å²) in [7, 11) is 0. The third kappa shape index (κ3) is 7.12. The highest BCUT2D eigenvalue weighted by Gasteiger charge is 2.36. The molecular formula is C30H39N3O4. The minimum absolute atomic E-state index is 0.0234. The van der Waals surface area contributed by atoms with E-state index in [9.17, 15) is 9.59 Å². The maximum Gasteiger partial charge on any atom is 0.306 e. The van der Waals surface area contributed by atoms with Gasteiger partial charge in [-0.2, -0.15) is 0 Å². The van der Waals surface area contributed by atoms with Crippen LogP contribution >= 0.6 is 0 Å². The number of hydrogen-bond acceptors (Lipinski definition) is 5. The Morgan fingerprint density at radius 1 is 1.00 bits per heavy atom. The van der Waals surface area contributed by atoms with E-state index >= 15 is 0 Å². The van der Waals surface area contributed by atoms with E-state index in [2.05, 4.69) is 26.1 Å². The average Bonchev–Trinajstić information content (AvgIpc) is 3.21. The van der Waals surface area contributed by atoms with Crippen LogP contribution < -0.4 is 15.8 Å². The van der Waals surface area contributed by atoms with Gasteiger partial charge in [0.05, 0.1) is 18.4 Å². The molecule has 0 aromatic heterocycles. The Bertz CT molecular complexity index is 1100. The molecule has 1 saturated carbocycles. The van der Waals surface area contributed by atoms with Crippen LogP contribution in [0.2, 0.25) is 0 Å². The quantitative estimate of drug-likeness (QED) is 0.264. The summed E-state index contributed by atoms with van der Waals surface area (Å²) >= 11 is 0. The number of amides is 1. The first-order valence-corrected chi connectivity index (χ1v) is 13.3. The van der Waals surface area contributed by atoms with Gasteiger partial charge in [-0.25, -0.2) is 0 Å². The minimum atomic E-state index is -0.368. The van der Waals surface area contributed by atoms with Gasteiger partial charge < -0.3 is 20.5 Å². The van der Waals surface area contributed by atoms with E-state index in [4.69, 9.17) is 20.6 Å². The first kappa shape index (κ1) is 26.7. The zero-order valence-electron chi connectivity index (χ0n) is 22.1. The molecule has 7 heteroatoms. The zero-order valence-corrected chi connectivity index (χ0v) is 22.1. The van der Waals surface area contributed by atoms with Crippen LogP contribution in [0.25, 0.3) is 11.1 Å². The van der Waals surface area contributed by atoms with Crippen LogP contribution in [0.1, 0.15) is 64.9 Å². The first-order valence-electron chi connectivity index (χ1n) is 13.3. The normalized spacial score (nSPS) is 23.8. The molecule has 198 valence electrons. The van der Waals surface area contributed by atoms with Gasteiger partial charge in [-0.15, -0.1) is 0 Å². The van der Waals surface area contributed by atoms with E-state index in [1.54, 1.807) is 0 Å². The number of rotatable bonds is 8. The summed E-state index contributed by atoms with van der Waals surface area (Å²) in [5.41, 5.74) is 8.56. The van der Waals surface area contributed by atoms with Gasteiger partial charge in [0.1, 0.15) is 24.3 Å². The number of nitrogen functional groups attached to an aromatic ring is 1. The van der Waals surface area contributed by atoms with Crippen molar-refractivity contribution in [2.24, 2.45) is 23.0 Å². The monoisotopic (exact) mass is 505 g/mol. The second-order valence-corrected chi connectivity index (χ2v) is 11.5. The molecule has 1 amide bonds. The molecule has 1 saturated heterocycles. The maximum atomic E-state index is 12.5. The van der Waals surface area contributed by atoms with Crippen LogP contribution in [0.4, 0.5) is 0 Å². The summed E-state index contributed by atoms with van der Waals surface area (Å²) in [4.78, 5) is 25.0. The lowest BCUT2D eigenvalue weighted by molar-refractivity contribution is -0.153. The number of carbonyl (C=O) groups excluding carboxylic acids is 2. The molecule has 4 N–H and O–H groups in total. The highest BCUT2D eigenvalue weighted by Crippen LogP contribution is 2.38. The van der Waals surface area contributed by atoms with E-state index in [0.29, 0.717) is 35.7 Å². The van der Waals surface area contributed by atoms with Gasteiger partial charge in [0, 0.05) is 5.56 Å². The topological polar surface area (TPSA) is 114 Å². The Morgan fingerprint density at radius 3 is 2.16 bits per heavy atom. The number of carbonyl (C=O) groups is 2. The van der Waals surface area contributed by atoms with Gasteiger partial charge in [-0.1, -0.05) is 57.2 Å². The fourth-order valence-corrected chi connectivity index (χ4v) is 5.38. The number of nitrogens with one attached hydrogen (secondary N) is 2. The Labute approximate surface area is 219 Å². The average molecular weight is 506 g/mol. The summed E-state index contributed by atoms with van der Waals surface area (Å²) in [6.07, 6.45) is 4.64. The first-order chi connectivity index (χ1) is 17.6. The van der Waals surface area contributed by atoms with E-state index in [-0.39, 0.29) is 42.2 Å². The van der Waals surface area contributed by atoms with Gasteiger partial charge in [-0.05, 0) is 66.7 Å². The predicted molar refractivity (Wildman–Crippen MR) is 144 cm³/mol. The Hall–Kier alpha value is -3.35. The van der Waals surface area contributed by atoms with Crippen molar-refractivity contribution in [3.8, 4) is 16.9 Å². The van der Waals surface area contributed by atoms with E-state index in [1.807, 2.05) is 48.5 Å². The van der Waals surface area contributed by atoms with Crippen molar-refractivity contribution >= 4 is 17.7 Å². The van der Waals surface area contributed by atoms with Crippen molar-refractivity contribution in [2.45, 2.75) is 71.4 Å². The molecule has 7 nitrogen and oxygen atoms in total. The summed E-state index contributed by atoms with van der Waals surface area (Å²) in [5.74, 6) is 0.685. The molecular weight excluding hydrogens is 466 g/mol. The van der Waals surface area contributed by atoms with Crippen LogP contribution in [-0.4, -0.2) is 36.5 Å². The second kappa shape index (κ2) is 11.4. The fraction of sp³-hybridized carbons (Fsp3) is 0.500. The molecule has 2 aromatic rings. The van der Waals surface area contributed by atoms with Gasteiger partial charge in [-0.3, -0.25) is 15.0 Å². The molecule has 2 fully saturated rings. The largest absolute Gasteiger partial charge is 0.491 e. The van der Waals surface area contributed by atoms with E-state index in [0.717, 1.165) is 36.8 Å². The van der Waals surface area contributed by atoms with Crippen molar-refractivity contribution < 1.29 is 19.1 Å². The standard InChI is InChI=1S/C30H39N3O4/c1-30(2,3)23-10-14-26(15-11-23)37-27(34)17-22-16-24(33-29(22)35)18-36-25-12-8-20(9-13-25)19-4-6-21(7-5-19)28(31)32/h4-9,12-13,22-24,26H,10-11,14-18H2,1-3H3,(H3,31,32)(H,33,35)/t22-,23?,24-,26?/m0/s1. The summed E-state index contributed by atoms with van der Waals surface area (Å²) < 4.78 is 11.6. The third-order valence-corrected chi connectivity index (χ3v) is 7.73. The third-order valence-electron chi connectivity index (χ3n) is 7.73. The predicted octanol–water partition coefficient (Wildman–Crippen LogP) is 5.06. The molecule has 1 aliphatic carbocycles. The summed E-state index contributed by atoms with van der Waals surface area (Å²) in [6, 6.07) is 15.1. The molecule has 1 aliphatic heterocycles. The van der Waals surface area contributed by atoms with Crippen LogP contribution in [0.5, 0.6) is 5.75 Å². The number of hydrogen-bond donors (Lipinski definition) is 3. The lowest BCUT2D eigenvalue weighted by atomic mass is 9.72. The highest BCUT2D eigenvalue weighted by atomic mass is 16.5. The molecule has 37 heavy (non-hydrogen) atoms. The van der Waals surface area contributed by atoms with Gasteiger partial charge in [0.25, 0.3) is 0 Å². The number of esters is 1. The smallest absolute Gasteiger partial charge is 0.306 e. The molecule has 2 aromatic carbocycles. The van der Waals surface area contributed by atoms with Crippen LogP contribution in [0.3, 0.4) is 0 Å². The zero-order chi connectivity index (χ0) is 26.6. The molecule has 0 radical (unpaired) electrons. The van der Waals surface area contributed by atoms with Gasteiger partial charge in [0.15, 0.2) is 0 Å². The number of benzene rings is 2. The molecule has 0 unspecified atom stereocenters. The molecule has 0 spiro atoms. The summed E-state index contributed by atoms with van der Waals surface area (Å²) in [5, 5.41) is 10.5. The number of ether oxygens (including phenoxy) is 2. The summed E-state index contributed by atoms with van der Waals surface area (Å²) in [6.45, 7) is 7.17. The molecule has 1 heterocycles. The lowest BCUT2D eigenvalue weighted by Gasteiger charge is -2.36. The Kier molecular flexibility index (Phi) is 8.20. The van der Waals surface area contributed by atoms with Gasteiger partial charge >= 0.3 is 5.97 Å². The number of amidine groups is 1. The molecule has 2 aliphatic rings. The minimum Gasteiger partial charge on any atom is -0.491 e. The van der Waals surface area contributed by atoms with Crippen LogP contribution in [0, 0.1) is 22.7 Å². The van der Waals surface area contributed by atoms with Crippen LogP contribution in [-0.2, 0) is 14.3 Å². The fourth-order valence-electron chi connectivity index (χ4n) is 5.38. The maximum absolute atomic E-state index is 12.5. The molecule has 2 atom stereocenters. The Balaban J connectivity index is 1.20. The lowest BCUT2D eigenvalue weighted by Crippen LogP contribution is -2.32. The van der Waals surface area contributed by atoms with Crippen molar-refractivity contribution in [3.63, 3.8) is 0 Å². The van der Waals surface area contributed by atoms with Crippen LogP contribution in [0.15, 0.2) is 48.5 Å². The van der Waals surface area contributed by atoms with E-state index < -0.39 is 0 Å². The second-order valence-electron chi connectivity index (χ2n) is 11.5. The molecule has 0 bridgehead atoms. The number of nitrogens with two attached hydrogens (primary N) is 1. The van der Waals surface area contributed by atoms with E-state index in [1.165, 1.54) is 0 Å². The Morgan fingerprint density at radius 2 is 1.59 bits per heavy atom. The SMILES string of the molecule is CC(C)(C)C1CCC(OC(=O)C[C@@H]2C[C@@H](COc3ccc(-c4ccc(C(=N)N)cc4)cc3)NC2=O)CC1. The van der Waals surface area contributed by atoms with Crippen molar-refractivity contribution in [1.82, 2.24) is 5.32 Å². The van der Waals surface area contributed by atoms with Gasteiger partial charge in [0.2, 0.25) is 5.91 Å².